The molecule has 0 amide bonds. The van der Waals surface area contributed by atoms with Crippen LogP contribution in [0.4, 0.5) is 23.5 Å². The summed E-state index contributed by atoms with van der Waals surface area (Å²) in [6.45, 7) is 0.871. The summed E-state index contributed by atoms with van der Waals surface area (Å²) in [6, 6.07) is 15.6. The lowest BCUT2D eigenvalue weighted by molar-refractivity contribution is 0.263. The van der Waals surface area contributed by atoms with Crippen molar-refractivity contribution < 1.29 is 29.2 Å². The Labute approximate surface area is 312 Å². The maximum absolute atomic E-state index is 10.1. The standard InChI is InChI=1S/C39H56N8O6/c1-50-32-18-14-28(15-19-32)10-8-22-52-34-24-42-38(40)46-36(34)44-30(26-48)12-6-4-3-5-7-13-31(27-49)45-37-35(25-43-39(41)47-37)53-23-9-11-29-16-20-33(51-2)21-17-29/h14-21,24-25,30-31,48-49H,3-13,22-23,26-27H2,1-2H3,(H3,40,42,44,46)(H3,41,43,45,47)/t30-,31+. The second-order valence-corrected chi connectivity index (χ2v) is 12.9. The van der Waals surface area contributed by atoms with Crippen LogP contribution in [0.25, 0.3) is 0 Å². The molecule has 2 aromatic carbocycles. The van der Waals surface area contributed by atoms with E-state index in [-0.39, 0.29) is 37.2 Å². The highest BCUT2D eigenvalue weighted by atomic mass is 16.5. The molecule has 0 fully saturated rings. The molecule has 288 valence electrons. The fourth-order valence-electron chi connectivity index (χ4n) is 5.80. The van der Waals surface area contributed by atoms with Gasteiger partial charge in [-0.15, -0.1) is 0 Å². The van der Waals surface area contributed by atoms with Crippen LogP contribution in [0, 0.1) is 0 Å². The molecule has 2 heterocycles. The molecule has 0 unspecified atom stereocenters. The Balaban J connectivity index is 1.13. The Morgan fingerprint density at radius 3 is 1.36 bits per heavy atom. The summed E-state index contributed by atoms with van der Waals surface area (Å²) in [4.78, 5) is 16.9. The smallest absolute Gasteiger partial charge is 0.222 e. The van der Waals surface area contributed by atoms with Gasteiger partial charge in [-0.05, 0) is 73.9 Å². The van der Waals surface area contributed by atoms with E-state index in [2.05, 4.69) is 30.6 Å². The summed E-state index contributed by atoms with van der Waals surface area (Å²) in [6.07, 6.45) is 12.9. The van der Waals surface area contributed by atoms with Crippen molar-refractivity contribution in [3.05, 3.63) is 72.1 Å². The Bertz CT molecular complexity index is 1490. The van der Waals surface area contributed by atoms with E-state index in [1.165, 1.54) is 11.1 Å². The maximum atomic E-state index is 10.1. The molecule has 0 saturated carbocycles. The van der Waals surface area contributed by atoms with Gasteiger partial charge in [0, 0.05) is 0 Å². The highest BCUT2D eigenvalue weighted by molar-refractivity contribution is 5.52. The van der Waals surface area contributed by atoms with Crippen molar-refractivity contribution in [3.8, 4) is 23.0 Å². The Hall–Kier alpha value is -5.08. The van der Waals surface area contributed by atoms with Crippen molar-refractivity contribution >= 4 is 23.5 Å². The lowest BCUT2D eigenvalue weighted by atomic mass is 10.0. The first-order valence-electron chi connectivity index (χ1n) is 18.4. The fraction of sp³-hybridized carbons (Fsp3) is 0.487. The maximum Gasteiger partial charge on any atom is 0.222 e. The number of ether oxygens (including phenoxy) is 4. The third-order valence-electron chi connectivity index (χ3n) is 8.83. The van der Waals surface area contributed by atoms with Gasteiger partial charge in [-0.3, -0.25) is 0 Å². The molecule has 0 spiro atoms. The van der Waals surface area contributed by atoms with Crippen LogP contribution in [0.3, 0.4) is 0 Å². The molecular formula is C39H56N8O6. The number of nitrogens with zero attached hydrogens (tertiary/aromatic N) is 4. The first-order valence-corrected chi connectivity index (χ1v) is 18.4. The number of unbranched alkanes of at least 4 members (excludes halogenated alkanes) is 4. The van der Waals surface area contributed by atoms with Crippen LogP contribution in [0.5, 0.6) is 23.0 Å². The van der Waals surface area contributed by atoms with Crippen LogP contribution in [-0.4, -0.2) is 82.9 Å². The van der Waals surface area contributed by atoms with Gasteiger partial charge in [0.1, 0.15) is 11.5 Å². The quantitative estimate of drug-likeness (QED) is 0.0445. The molecule has 14 nitrogen and oxygen atoms in total. The minimum absolute atomic E-state index is 0.0490. The van der Waals surface area contributed by atoms with Crippen molar-refractivity contribution in [1.29, 1.82) is 0 Å². The number of aliphatic hydroxyl groups excluding tert-OH is 2. The SMILES string of the molecule is COc1ccc(CCCOc2cnc(N)nc2N[C@H](CO)CCCCCCC[C@H](CO)Nc2nc(N)ncc2OCCCc2ccc(OC)cc2)cc1. The summed E-state index contributed by atoms with van der Waals surface area (Å²) < 4.78 is 22.4. The fourth-order valence-corrected chi connectivity index (χ4v) is 5.80. The second-order valence-electron chi connectivity index (χ2n) is 12.9. The van der Waals surface area contributed by atoms with Crippen LogP contribution in [0.2, 0.25) is 0 Å². The van der Waals surface area contributed by atoms with Crippen LogP contribution >= 0.6 is 0 Å². The van der Waals surface area contributed by atoms with E-state index in [1.54, 1.807) is 26.6 Å². The lowest BCUT2D eigenvalue weighted by Gasteiger charge is -2.20. The molecule has 0 bridgehead atoms. The topological polar surface area (TPSA) is 205 Å². The van der Waals surface area contributed by atoms with Gasteiger partial charge < -0.3 is 51.3 Å². The summed E-state index contributed by atoms with van der Waals surface area (Å²) >= 11 is 0. The molecular weight excluding hydrogens is 676 g/mol. The molecule has 4 aromatic rings. The Morgan fingerprint density at radius 2 is 0.981 bits per heavy atom. The van der Waals surface area contributed by atoms with Crippen molar-refractivity contribution in [2.24, 2.45) is 0 Å². The van der Waals surface area contributed by atoms with Crippen molar-refractivity contribution in [3.63, 3.8) is 0 Å². The minimum atomic E-state index is -0.201. The molecule has 4 rings (SSSR count). The number of rotatable bonds is 26. The van der Waals surface area contributed by atoms with E-state index in [1.807, 2.05) is 48.5 Å². The van der Waals surface area contributed by atoms with Crippen molar-refractivity contribution in [2.45, 2.75) is 82.7 Å². The Morgan fingerprint density at radius 1 is 0.585 bits per heavy atom. The first kappa shape index (κ1) is 40.7. The molecule has 0 radical (unpaired) electrons. The minimum Gasteiger partial charge on any atom is -0.497 e. The average molecular weight is 733 g/mol. The number of methoxy groups -OCH3 is 2. The van der Waals surface area contributed by atoms with Crippen LogP contribution in [-0.2, 0) is 12.8 Å². The van der Waals surface area contributed by atoms with Crippen molar-refractivity contribution in [1.82, 2.24) is 19.9 Å². The Kier molecular flexibility index (Phi) is 17.5. The predicted molar refractivity (Wildman–Crippen MR) is 208 cm³/mol. The van der Waals surface area contributed by atoms with E-state index in [4.69, 9.17) is 30.4 Å². The number of hydrogen-bond donors (Lipinski definition) is 6. The number of nitrogens with one attached hydrogen (secondary N) is 2. The first-order chi connectivity index (χ1) is 25.9. The normalized spacial score (nSPS) is 12.2. The predicted octanol–water partition coefficient (Wildman–Crippen LogP) is 5.45. The number of aromatic nitrogens is 4. The van der Waals surface area contributed by atoms with E-state index in [0.717, 1.165) is 82.1 Å². The number of benzene rings is 2. The van der Waals surface area contributed by atoms with Crippen LogP contribution in [0.1, 0.15) is 68.9 Å². The van der Waals surface area contributed by atoms with Crippen LogP contribution < -0.4 is 41.0 Å². The molecule has 0 saturated heterocycles. The van der Waals surface area contributed by atoms with Gasteiger partial charge in [-0.25, -0.2) is 9.97 Å². The van der Waals surface area contributed by atoms with E-state index in [9.17, 15) is 10.2 Å². The molecule has 2 aromatic heterocycles. The zero-order valence-corrected chi connectivity index (χ0v) is 31.0. The van der Waals surface area contributed by atoms with E-state index in [0.29, 0.717) is 36.3 Å². The average Bonchev–Trinajstić information content (AvgIpc) is 3.18. The van der Waals surface area contributed by atoms with Gasteiger partial charge in [0.25, 0.3) is 0 Å². The molecule has 0 aliphatic carbocycles. The molecule has 53 heavy (non-hydrogen) atoms. The number of nitrogens with two attached hydrogens (primary N) is 2. The molecule has 0 aliphatic rings. The largest absolute Gasteiger partial charge is 0.497 e. The highest BCUT2D eigenvalue weighted by Crippen LogP contribution is 2.26. The van der Waals surface area contributed by atoms with Gasteiger partial charge in [0.2, 0.25) is 11.9 Å². The lowest BCUT2D eigenvalue weighted by Crippen LogP contribution is -2.25. The van der Waals surface area contributed by atoms with Crippen molar-refractivity contribution in [2.75, 3.05) is 62.7 Å². The van der Waals surface area contributed by atoms with Gasteiger partial charge in [-0.1, -0.05) is 56.4 Å². The molecule has 0 aliphatic heterocycles. The second kappa shape index (κ2) is 22.8. The highest BCUT2D eigenvalue weighted by Gasteiger charge is 2.16. The zero-order chi connectivity index (χ0) is 37.7. The van der Waals surface area contributed by atoms with Gasteiger partial charge in [0.15, 0.2) is 23.1 Å². The van der Waals surface area contributed by atoms with Gasteiger partial charge >= 0.3 is 0 Å². The van der Waals surface area contributed by atoms with E-state index < -0.39 is 0 Å². The molecule has 8 N–H and O–H groups in total. The van der Waals surface area contributed by atoms with Gasteiger partial charge in [0.05, 0.1) is 65.1 Å². The van der Waals surface area contributed by atoms with Gasteiger partial charge in [-0.2, -0.15) is 9.97 Å². The monoisotopic (exact) mass is 732 g/mol. The summed E-state index contributed by atoms with van der Waals surface area (Å²) in [5.74, 6) is 3.92. The number of aliphatic hydroxyl groups is 2. The number of nitrogen functional groups attached to an aromatic ring is 2. The van der Waals surface area contributed by atoms with Crippen LogP contribution in [0.15, 0.2) is 60.9 Å². The molecule has 2 atom stereocenters. The number of aryl methyl sites for hydroxylation is 2. The summed E-state index contributed by atoms with van der Waals surface area (Å²) in [5, 5.41) is 26.8. The zero-order valence-electron chi connectivity index (χ0n) is 31.0. The number of anilines is 4. The summed E-state index contributed by atoms with van der Waals surface area (Å²) in [7, 11) is 3.31. The summed E-state index contributed by atoms with van der Waals surface area (Å²) in [5.41, 5.74) is 14.1. The third kappa shape index (κ3) is 14.5. The number of hydrogen-bond acceptors (Lipinski definition) is 14. The third-order valence-corrected chi connectivity index (χ3v) is 8.83. The van der Waals surface area contributed by atoms with E-state index >= 15 is 0 Å². The molecule has 14 heteroatoms.